The Balaban J connectivity index is 1.41. The first-order valence-electron chi connectivity index (χ1n) is 17.3. The Morgan fingerprint density at radius 2 is 1.65 bits per heavy atom. The van der Waals surface area contributed by atoms with Gasteiger partial charge in [-0.15, -0.1) is 0 Å². The smallest absolute Gasteiger partial charge is 0.338 e. The zero-order valence-electron chi connectivity index (χ0n) is 28.9. The molecule has 4 aliphatic carbocycles. The summed E-state index contributed by atoms with van der Waals surface area (Å²) in [6.07, 6.45) is 13.2. The van der Waals surface area contributed by atoms with Crippen LogP contribution in [-0.4, -0.2) is 17.4 Å². The highest BCUT2D eigenvalue weighted by molar-refractivity contribution is 6.00. The molecule has 0 heterocycles. The molecule has 43 heavy (non-hydrogen) atoms. The van der Waals surface area contributed by atoms with E-state index in [-0.39, 0.29) is 16.8 Å². The monoisotopic (exact) mass is 586 g/mol. The van der Waals surface area contributed by atoms with E-state index in [2.05, 4.69) is 66.7 Å². The summed E-state index contributed by atoms with van der Waals surface area (Å²) in [5.74, 6) is 3.22. The summed E-state index contributed by atoms with van der Waals surface area (Å²) >= 11 is 0. The van der Waals surface area contributed by atoms with Crippen molar-refractivity contribution in [1.82, 2.24) is 0 Å². The molecule has 4 aliphatic rings. The lowest BCUT2D eigenvalue weighted by molar-refractivity contribution is -0.137. The maximum Gasteiger partial charge on any atom is 0.338 e. The first-order valence-corrected chi connectivity index (χ1v) is 17.3. The number of esters is 1. The number of allylic oxidation sites excluding steroid dienone is 4. The molecular formula is C40H58O3. The maximum atomic E-state index is 13.3. The maximum absolute atomic E-state index is 13.3. The molecule has 0 saturated heterocycles. The van der Waals surface area contributed by atoms with Gasteiger partial charge in [0.15, 0.2) is 5.78 Å². The highest BCUT2D eigenvalue weighted by atomic mass is 16.6. The van der Waals surface area contributed by atoms with Crippen LogP contribution in [0, 0.1) is 45.8 Å². The highest BCUT2D eigenvalue weighted by Crippen LogP contribution is 2.70. The van der Waals surface area contributed by atoms with E-state index < -0.39 is 5.60 Å². The minimum Gasteiger partial charge on any atom is -0.456 e. The molecule has 0 N–H and O–H groups in total. The molecule has 0 bridgehead atoms. The Morgan fingerprint density at radius 1 is 1.00 bits per heavy atom. The number of ketones is 1. The molecule has 3 nitrogen and oxygen atoms in total. The van der Waals surface area contributed by atoms with Gasteiger partial charge in [0, 0.05) is 6.42 Å². The predicted molar refractivity (Wildman–Crippen MR) is 178 cm³/mol. The fourth-order valence-electron chi connectivity index (χ4n) is 10.7. The zero-order chi connectivity index (χ0) is 31.5. The van der Waals surface area contributed by atoms with E-state index in [0.29, 0.717) is 40.4 Å². The third kappa shape index (κ3) is 5.61. The van der Waals surface area contributed by atoms with Crippen LogP contribution in [0.3, 0.4) is 0 Å². The van der Waals surface area contributed by atoms with Crippen LogP contribution in [0.2, 0.25) is 0 Å². The lowest BCUT2D eigenvalue weighted by Crippen LogP contribution is -2.57. The summed E-state index contributed by atoms with van der Waals surface area (Å²) in [6.45, 7) is 22.5. The van der Waals surface area contributed by atoms with Gasteiger partial charge in [0.2, 0.25) is 0 Å². The molecule has 3 saturated carbocycles. The van der Waals surface area contributed by atoms with Gasteiger partial charge in [-0.1, -0.05) is 71.7 Å². The molecule has 0 aromatic heterocycles. The average molecular weight is 587 g/mol. The van der Waals surface area contributed by atoms with Crippen molar-refractivity contribution >= 4 is 17.3 Å². The number of ether oxygens (including phenoxy) is 1. The molecule has 3 fully saturated rings. The molecule has 0 spiro atoms. The van der Waals surface area contributed by atoms with Gasteiger partial charge in [0.05, 0.1) is 5.56 Å². The lowest BCUT2D eigenvalue weighted by Gasteiger charge is -2.65. The average Bonchev–Trinajstić information content (AvgIpc) is 3.21. The van der Waals surface area contributed by atoms with Crippen molar-refractivity contribution in [3.05, 3.63) is 52.6 Å². The minimum absolute atomic E-state index is 0.101. The van der Waals surface area contributed by atoms with Gasteiger partial charge in [-0.2, -0.15) is 0 Å². The molecule has 5 rings (SSSR count). The van der Waals surface area contributed by atoms with Gasteiger partial charge in [-0.05, 0) is 147 Å². The predicted octanol–water partition coefficient (Wildman–Crippen LogP) is 10.6. The quantitative estimate of drug-likeness (QED) is 0.311. The molecule has 7 atom stereocenters. The minimum atomic E-state index is -0.496. The molecule has 3 heteroatoms. The number of rotatable bonds is 6. The topological polar surface area (TPSA) is 43.4 Å². The van der Waals surface area contributed by atoms with Crippen LogP contribution in [0.4, 0.5) is 0 Å². The standard InChI is InChI=1S/C40H58O3/c1-11-29-19-23-40(10)31-20-21-38(8)24-32(41)34(25(2)3)35(38)30(31)16-17-33(40)39(29,9)22-18-26(4)27-12-14-28(15-13-27)36(42)43-37(5,6)7/h12-15,18,25,29-31,33H,11,16-17,19-24H2,1-10H3/b26-18+. The van der Waals surface area contributed by atoms with Crippen molar-refractivity contribution in [2.75, 3.05) is 0 Å². The Kier molecular flexibility index (Phi) is 8.49. The second kappa shape index (κ2) is 11.3. The number of carbonyl (C=O) groups excluding carboxylic acids is 2. The van der Waals surface area contributed by atoms with Crippen molar-refractivity contribution in [2.45, 2.75) is 133 Å². The van der Waals surface area contributed by atoms with Crippen LogP contribution in [0.15, 0.2) is 41.5 Å². The van der Waals surface area contributed by atoms with E-state index in [4.69, 9.17) is 4.74 Å². The van der Waals surface area contributed by atoms with Crippen molar-refractivity contribution in [3.8, 4) is 0 Å². The number of benzene rings is 1. The number of hydrogen-bond acceptors (Lipinski definition) is 3. The number of hydrogen-bond donors (Lipinski definition) is 0. The number of Topliss-reactive ketones (excluding diaryl/α,β-unsaturated/α-hetero) is 1. The van der Waals surface area contributed by atoms with Crippen LogP contribution >= 0.6 is 0 Å². The fraction of sp³-hybridized carbons (Fsp3) is 0.700. The highest BCUT2D eigenvalue weighted by Gasteiger charge is 2.62. The third-order valence-corrected chi connectivity index (χ3v) is 12.7. The van der Waals surface area contributed by atoms with Gasteiger partial charge < -0.3 is 4.74 Å². The summed E-state index contributed by atoms with van der Waals surface area (Å²) in [5, 5.41) is 0. The summed E-state index contributed by atoms with van der Waals surface area (Å²) in [4.78, 5) is 25.8. The van der Waals surface area contributed by atoms with E-state index >= 15 is 0 Å². The van der Waals surface area contributed by atoms with Crippen LogP contribution in [0.5, 0.6) is 0 Å². The van der Waals surface area contributed by atoms with Gasteiger partial charge in [0.1, 0.15) is 5.60 Å². The Morgan fingerprint density at radius 3 is 2.26 bits per heavy atom. The molecule has 0 amide bonds. The largest absolute Gasteiger partial charge is 0.456 e. The molecule has 7 unspecified atom stereocenters. The first kappa shape index (κ1) is 32.2. The SMILES string of the molecule is CCC1CCC2(C)C3CCC4(C)CC(=O)C(C(C)C)=C4C3CCC2C1(C)C/C=C(\C)c1ccc(C(=O)OC(C)(C)C)cc1. The second-order valence-electron chi connectivity index (χ2n) is 16.9. The third-order valence-electron chi connectivity index (χ3n) is 12.7. The molecule has 0 radical (unpaired) electrons. The van der Waals surface area contributed by atoms with Gasteiger partial charge in [-0.3, -0.25) is 4.79 Å². The molecule has 1 aromatic carbocycles. The summed E-state index contributed by atoms with van der Waals surface area (Å²) in [7, 11) is 0. The Hall–Kier alpha value is -2.16. The second-order valence-corrected chi connectivity index (χ2v) is 16.9. The first-order chi connectivity index (χ1) is 20.0. The molecule has 0 aliphatic heterocycles. The summed E-state index contributed by atoms with van der Waals surface area (Å²) < 4.78 is 5.56. The van der Waals surface area contributed by atoms with E-state index in [1.165, 1.54) is 61.7 Å². The van der Waals surface area contributed by atoms with Crippen LogP contribution in [0.1, 0.15) is 143 Å². The van der Waals surface area contributed by atoms with Crippen LogP contribution < -0.4 is 0 Å². The molecule has 1 aromatic rings. The van der Waals surface area contributed by atoms with Crippen molar-refractivity contribution in [2.24, 2.45) is 45.8 Å². The lowest BCUT2D eigenvalue weighted by atomic mass is 9.40. The number of fused-ring (bicyclic) bond motifs is 5. The van der Waals surface area contributed by atoms with Crippen molar-refractivity contribution in [1.29, 1.82) is 0 Å². The van der Waals surface area contributed by atoms with E-state index in [1.807, 2.05) is 32.9 Å². The molecular weight excluding hydrogens is 528 g/mol. The molecule has 236 valence electrons. The van der Waals surface area contributed by atoms with Crippen LogP contribution in [-0.2, 0) is 9.53 Å². The van der Waals surface area contributed by atoms with Crippen molar-refractivity contribution < 1.29 is 14.3 Å². The normalized spacial score (nSPS) is 36.3. The summed E-state index contributed by atoms with van der Waals surface area (Å²) in [6, 6.07) is 7.95. The Bertz CT molecular complexity index is 1310. The number of carbonyl (C=O) groups is 2. The van der Waals surface area contributed by atoms with Gasteiger partial charge in [0.25, 0.3) is 0 Å². The van der Waals surface area contributed by atoms with E-state index in [9.17, 15) is 9.59 Å². The zero-order valence-corrected chi connectivity index (χ0v) is 28.9. The fourth-order valence-corrected chi connectivity index (χ4v) is 10.7. The Labute approximate surface area is 262 Å². The van der Waals surface area contributed by atoms with Crippen LogP contribution in [0.25, 0.3) is 5.57 Å². The van der Waals surface area contributed by atoms with E-state index in [1.54, 1.807) is 5.57 Å². The van der Waals surface area contributed by atoms with Crippen molar-refractivity contribution in [3.63, 3.8) is 0 Å². The van der Waals surface area contributed by atoms with Gasteiger partial charge >= 0.3 is 5.97 Å². The van der Waals surface area contributed by atoms with Gasteiger partial charge in [-0.25, -0.2) is 4.79 Å². The van der Waals surface area contributed by atoms with E-state index in [0.717, 1.165) is 18.8 Å². The summed E-state index contributed by atoms with van der Waals surface area (Å²) in [5.41, 5.74) is 6.05.